The molecule has 1 aromatic carbocycles. The second kappa shape index (κ2) is 9.36. The Bertz CT molecular complexity index is 944. The number of carbonyl (C=O) groups excluding carboxylic acids is 2. The lowest BCUT2D eigenvalue weighted by Gasteiger charge is -2.40. The van der Waals surface area contributed by atoms with E-state index in [1.807, 2.05) is 19.9 Å². The van der Waals surface area contributed by atoms with Crippen LogP contribution in [0.3, 0.4) is 0 Å². The molecule has 1 aliphatic carbocycles. The average Bonchev–Trinajstić information content (AvgIpc) is 3.01. The number of benzene rings is 1. The molecule has 174 valence electrons. The van der Waals surface area contributed by atoms with Gasteiger partial charge in [-0.05, 0) is 62.6 Å². The molecule has 2 aliphatic heterocycles. The number of hydrogen-bond acceptors (Lipinski definition) is 4. The molecule has 1 fully saturated rings. The first-order chi connectivity index (χ1) is 15.2. The summed E-state index contributed by atoms with van der Waals surface area (Å²) in [6.45, 7) is 9.34. The minimum absolute atomic E-state index is 0.0420. The Labute approximate surface area is 200 Å². The number of ketones is 1. The Balaban J connectivity index is 1.69. The molecular formula is C25H31Cl2NO4. The van der Waals surface area contributed by atoms with Crippen LogP contribution in [0.25, 0.3) is 0 Å². The van der Waals surface area contributed by atoms with Gasteiger partial charge in [0.05, 0.1) is 33.7 Å². The molecule has 5 unspecified atom stereocenters. The first-order valence-corrected chi connectivity index (χ1v) is 12.3. The predicted octanol–water partition coefficient (Wildman–Crippen LogP) is 5.60. The highest BCUT2D eigenvalue weighted by molar-refractivity contribution is 6.42. The summed E-state index contributed by atoms with van der Waals surface area (Å²) in [4.78, 5) is 28.9. The molecule has 0 spiro atoms. The van der Waals surface area contributed by atoms with Crippen LogP contribution in [0.15, 0.2) is 29.5 Å². The van der Waals surface area contributed by atoms with Gasteiger partial charge in [-0.1, -0.05) is 43.1 Å². The van der Waals surface area contributed by atoms with Crippen molar-refractivity contribution in [2.24, 2.45) is 17.8 Å². The Morgan fingerprint density at radius 1 is 1.12 bits per heavy atom. The van der Waals surface area contributed by atoms with E-state index in [2.05, 4.69) is 13.8 Å². The number of rotatable bonds is 6. The molecule has 2 heterocycles. The van der Waals surface area contributed by atoms with Gasteiger partial charge in [0.15, 0.2) is 11.5 Å². The number of fused-ring (bicyclic) bond motifs is 1. The zero-order chi connectivity index (χ0) is 23.2. The molecule has 0 N–H and O–H groups in total. The fraction of sp³-hybridized carbons (Fsp3) is 0.600. The number of hydrogen-bond donors (Lipinski definition) is 0. The quantitative estimate of drug-likeness (QED) is 0.498. The molecule has 0 bridgehead atoms. The molecular weight excluding hydrogens is 449 g/mol. The van der Waals surface area contributed by atoms with Crippen LogP contribution >= 0.6 is 23.2 Å². The maximum Gasteiger partial charge on any atom is 0.290 e. The summed E-state index contributed by atoms with van der Waals surface area (Å²) >= 11 is 12.4. The lowest BCUT2D eigenvalue weighted by Crippen LogP contribution is -2.43. The molecule has 7 heteroatoms. The lowest BCUT2D eigenvalue weighted by molar-refractivity contribution is -0.137. The van der Waals surface area contributed by atoms with Crippen molar-refractivity contribution in [1.29, 1.82) is 0 Å². The lowest BCUT2D eigenvalue weighted by atomic mass is 9.70. The van der Waals surface area contributed by atoms with Crippen LogP contribution < -0.4 is 0 Å². The van der Waals surface area contributed by atoms with Gasteiger partial charge >= 0.3 is 0 Å². The van der Waals surface area contributed by atoms with Gasteiger partial charge in [-0.3, -0.25) is 9.59 Å². The van der Waals surface area contributed by atoms with E-state index in [-0.39, 0.29) is 35.6 Å². The van der Waals surface area contributed by atoms with Gasteiger partial charge in [-0.25, -0.2) is 0 Å². The van der Waals surface area contributed by atoms with Gasteiger partial charge in [0, 0.05) is 13.2 Å². The van der Waals surface area contributed by atoms with Crippen LogP contribution in [0.4, 0.5) is 0 Å². The Kier molecular flexibility index (Phi) is 6.90. The Morgan fingerprint density at radius 3 is 2.53 bits per heavy atom. The second-order valence-corrected chi connectivity index (χ2v) is 10.5. The third kappa shape index (κ3) is 4.32. The number of Topliss-reactive ketones (excluding diaryl/α,β-unsaturated/α-hetero) is 1. The summed E-state index contributed by atoms with van der Waals surface area (Å²) in [7, 11) is 0. The van der Waals surface area contributed by atoms with Crippen molar-refractivity contribution in [2.75, 3.05) is 13.2 Å². The highest BCUT2D eigenvalue weighted by Crippen LogP contribution is 2.49. The maximum absolute atomic E-state index is 13.7. The topological polar surface area (TPSA) is 55.8 Å². The van der Waals surface area contributed by atoms with Gasteiger partial charge < -0.3 is 14.4 Å². The third-order valence-electron chi connectivity index (χ3n) is 7.06. The summed E-state index contributed by atoms with van der Waals surface area (Å²) in [5.41, 5.74) is 1.25. The number of ether oxygens (including phenoxy) is 2. The molecule has 5 atom stereocenters. The van der Waals surface area contributed by atoms with E-state index < -0.39 is 6.04 Å². The van der Waals surface area contributed by atoms with E-state index in [4.69, 9.17) is 32.7 Å². The minimum atomic E-state index is -0.519. The van der Waals surface area contributed by atoms with E-state index >= 15 is 0 Å². The van der Waals surface area contributed by atoms with Crippen LogP contribution in [-0.4, -0.2) is 41.9 Å². The van der Waals surface area contributed by atoms with Crippen molar-refractivity contribution in [2.45, 2.75) is 65.2 Å². The van der Waals surface area contributed by atoms with Gasteiger partial charge in [0.2, 0.25) is 0 Å². The van der Waals surface area contributed by atoms with Crippen molar-refractivity contribution in [3.05, 3.63) is 45.1 Å². The summed E-state index contributed by atoms with van der Waals surface area (Å²) in [5.74, 6) is 0.730. The zero-order valence-corrected chi connectivity index (χ0v) is 20.6. The Hall–Kier alpha value is -1.56. The van der Waals surface area contributed by atoms with Gasteiger partial charge in [-0.15, -0.1) is 0 Å². The summed E-state index contributed by atoms with van der Waals surface area (Å²) in [5, 5.41) is 0.836. The maximum atomic E-state index is 13.7. The number of nitrogens with zero attached hydrogens (tertiary/aromatic N) is 1. The smallest absolute Gasteiger partial charge is 0.290 e. The van der Waals surface area contributed by atoms with E-state index in [9.17, 15) is 9.59 Å². The first kappa shape index (κ1) is 23.6. The molecule has 4 rings (SSSR count). The van der Waals surface area contributed by atoms with Crippen molar-refractivity contribution in [3.8, 4) is 0 Å². The van der Waals surface area contributed by atoms with Gasteiger partial charge in [0.25, 0.3) is 5.91 Å². The normalized spacial score (nSPS) is 30.0. The second-order valence-electron chi connectivity index (χ2n) is 9.64. The van der Waals surface area contributed by atoms with Gasteiger partial charge in [0.1, 0.15) is 6.10 Å². The summed E-state index contributed by atoms with van der Waals surface area (Å²) in [6.07, 6.45) is 2.14. The molecule has 5 nitrogen and oxygen atoms in total. The molecule has 0 saturated heterocycles. The van der Waals surface area contributed by atoms with Crippen molar-refractivity contribution >= 4 is 34.9 Å². The molecule has 32 heavy (non-hydrogen) atoms. The number of carbonyl (C=O) groups is 2. The van der Waals surface area contributed by atoms with Crippen molar-refractivity contribution in [3.63, 3.8) is 0 Å². The van der Waals surface area contributed by atoms with E-state index in [1.165, 1.54) is 0 Å². The number of amides is 1. The average molecular weight is 480 g/mol. The standard InChI is InChI=1S/C25H31Cl2NO4/c1-13(2)31-9-5-8-28-22(16-6-7-18(26)19(27)12-16)21-23(29)17-10-14(3)15(4)11-20(17)32-24(21)25(28)30/h6-7,12-15,17,20,22H,5,8-11H2,1-4H3. The zero-order valence-electron chi connectivity index (χ0n) is 19.1. The molecule has 1 saturated carbocycles. The highest BCUT2D eigenvalue weighted by Gasteiger charge is 2.53. The van der Waals surface area contributed by atoms with E-state index in [0.717, 1.165) is 18.4 Å². The minimum Gasteiger partial charge on any atom is -0.483 e. The fourth-order valence-corrected chi connectivity index (χ4v) is 5.43. The van der Waals surface area contributed by atoms with Gasteiger partial charge in [-0.2, -0.15) is 0 Å². The predicted molar refractivity (Wildman–Crippen MR) is 125 cm³/mol. The Morgan fingerprint density at radius 2 is 1.84 bits per heavy atom. The molecule has 3 aliphatic rings. The van der Waals surface area contributed by atoms with Crippen molar-refractivity contribution in [1.82, 2.24) is 4.90 Å². The van der Waals surface area contributed by atoms with Crippen LogP contribution in [0.5, 0.6) is 0 Å². The van der Waals surface area contributed by atoms with Crippen LogP contribution in [-0.2, 0) is 19.1 Å². The summed E-state index contributed by atoms with van der Waals surface area (Å²) < 4.78 is 11.9. The highest BCUT2D eigenvalue weighted by atomic mass is 35.5. The molecule has 0 aromatic heterocycles. The van der Waals surface area contributed by atoms with E-state index in [0.29, 0.717) is 47.0 Å². The van der Waals surface area contributed by atoms with Crippen LogP contribution in [0.2, 0.25) is 10.0 Å². The van der Waals surface area contributed by atoms with Crippen molar-refractivity contribution < 1.29 is 19.1 Å². The number of halogens is 2. The SMILES string of the molecule is CC(C)OCCCN1C(=O)C2=C(C(=O)C3CC(C)C(C)CC3O2)C1c1ccc(Cl)c(Cl)c1. The monoisotopic (exact) mass is 479 g/mol. The molecule has 1 aromatic rings. The summed E-state index contributed by atoms with van der Waals surface area (Å²) in [6, 6.07) is 4.78. The largest absolute Gasteiger partial charge is 0.483 e. The first-order valence-electron chi connectivity index (χ1n) is 11.5. The van der Waals surface area contributed by atoms with Crippen LogP contribution in [0.1, 0.15) is 58.6 Å². The third-order valence-corrected chi connectivity index (χ3v) is 7.80. The fourth-order valence-electron chi connectivity index (χ4n) is 5.12. The molecule has 1 amide bonds. The van der Waals surface area contributed by atoms with E-state index in [1.54, 1.807) is 17.0 Å². The van der Waals surface area contributed by atoms with Crippen LogP contribution in [0, 0.1) is 17.8 Å². The molecule has 0 radical (unpaired) electrons.